The minimum atomic E-state index is 0.341. The lowest BCUT2D eigenvalue weighted by atomic mass is 9.63. The van der Waals surface area contributed by atoms with Gasteiger partial charge in [0.2, 0.25) is 0 Å². The van der Waals surface area contributed by atoms with E-state index < -0.39 is 0 Å². The van der Waals surface area contributed by atoms with Crippen molar-refractivity contribution in [3.8, 4) is 0 Å². The highest BCUT2D eigenvalue weighted by Gasteiger charge is 2.38. The van der Waals surface area contributed by atoms with Crippen LogP contribution in [-0.4, -0.2) is 23.1 Å². The fourth-order valence-electron chi connectivity index (χ4n) is 3.94. The molecule has 1 aliphatic carbocycles. The quantitative estimate of drug-likeness (QED) is 0.891. The molecule has 21 heavy (non-hydrogen) atoms. The molecule has 5 heteroatoms. The van der Waals surface area contributed by atoms with E-state index in [-0.39, 0.29) is 0 Å². The number of anilines is 2. The van der Waals surface area contributed by atoms with Crippen molar-refractivity contribution in [2.24, 2.45) is 10.8 Å². The number of nitrogens with two attached hydrogens (primary N) is 1. The molecule has 0 radical (unpaired) electrons. The summed E-state index contributed by atoms with van der Waals surface area (Å²) in [6.07, 6.45) is 3.53. The van der Waals surface area contributed by atoms with Crippen LogP contribution in [0, 0.1) is 10.8 Å². The molecule has 0 atom stereocenters. The van der Waals surface area contributed by atoms with Gasteiger partial charge >= 0.3 is 0 Å². The first kappa shape index (κ1) is 16.0. The number of nitrogens with one attached hydrogen (secondary N) is 1. The fraction of sp³-hybridized carbons (Fsp3) is 0.750. The van der Waals surface area contributed by atoms with Crippen LogP contribution in [0.3, 0.4) is 0 Å². The summed E-state index contributed by atoms with van der Waals surface area (Å²) in [6.45, 7) is 9.74. The van der Waals surface area contributed by atoms with Crippen LogP contribution in [0.4, 0.5) is 11.6 Å². The maximum Gasteiger partial charge on any atom is 0.158 e. The highest BCUT2D eigenvalue weighted by atomic mass is 16.5. The van der Waals surface area contributed by atoms with E-state index in [1.807, 2.05) is 0 Å². The van der Waals surface area contributed by atoms with Crippen LogP contribution < -0.4 is 11.1 Å². The Hall–Kier alpha value is -1.36. The molecule has 1 aliphatic rings. The maximum atomic E-state index is 5.85. The van der Waals surface area contributed by atoms with Crippen molar-refractivity contribution < 1.29 is 4.74 Å². The summed E-state index contributed by atoms with van der Waals surface area (Å²) in [5, 5.41) is 3.55. The Morgan fingerprint density at radius 2 is 1.86 bits per heavy atom. The van der Waals surface area contributed by atoms with Crippen LogP contribution in [0.15, 0.2) is 6.07 Å². The fourth-order valence-corrected chi connectivity index (χ4v) is 3.94. The molecule has 0 amide bonds. The maximum absolute atomic E-state index is 5.85. The molecule has 0 unspecified atom stereocenters. The third-order valence-corrected chi connectivity index (χ3v) is 3.97. The molecule has 2 rings (SSSR count). The summed E-state index contributed by atoms with van der Waals surface area (Å²) in [5.74, 6) is 1.90. The zero-order valence-corrected chi connectivity index (χ0v) is 13.9. The summed E-state index contributed by atoms with van der Waals surface area (Å²) in [7, 11) is 1.63. The van der Waals surface area contributed by atoms with Crippen molar-refractivity contribution in [1.82, 2.24) is 9.97 Å². The van der Waals surface area contributed by atoms with Crippen molar-refractivity contribution in [2.75, 3.05) is 18.2 Å². The third-order valence-electron chi connectivity index (χ3n) is 3.97. The molecule has 1 heterocycles. The third kappa shape index (κ3) is 4.56. The Morgan fingerprint density at radius 3 is 2.43 bits per heavy atom. The summed E-state index contributed by atoms with van der Waals surface area (Å²) in [5.41, 5.74) is 6.54. The van der Waals surface area contributed by atoms with Gasteiger partial charge in [0, 0.05) is 19.2 Å². The SMILES string of the molecule is COCc1nc(N)cc(NC2CC(C)(C)CC(C)(C)C2)n1. The van der Waals surface area contributed by atoms with Crippen LogP contribution >= 0.6 is 0 Å². The van der Waals surface area contributed by atoms with E-state index in [2.05, 4.69) is 43.0 Å². The van der Waals surface area contributed by atoms with Crippen LogP contribution in [-0.2, 0) is 11.3 Å². The molecule has 1 aromatic rings. The summed E-state index contributed by atoms with van der Waals surface area (Å²) >= 11 is 0. The largest absolute Gasteiger partial charge is 0.384 e. The van der Waals surface area contributed by atoms with Gasteiger partial charge in [-0.3, -0.25) is 0 Å². The number of hydrogen-bond acceptors (Lipinski definition) is 5. The lowest BCUT2D eigenvalue weighted by Gasteiger charge is -2.45. The highest BCUT2D eigenvalue weighted by Crippen LogP contribution is 2.46. The molecule has 118 valence electrons. The molecule has 5 nitrogen and oxygen atoms in total. The number of aromatic nitrogens is 2. The minimum absolute atomic E-state index is 0.341. The second-order valence-electron chi connectivity index (χ2n) is 7.78. The van der Waals surface area contributed by atoms with Gasteiger partial charge in [-0.05, 0) is 30.1 Å². The number of methoxy groups -OCH3 is 1. The van der Waals surface area contributed by atoms with Crippen LogP contribution in [0.5, 0.6) is 0 Å². The van der Waals surface area contributed by atoms with E-state index in [1.165, 1.54) is 6.42 Å². The van der Waals surface area contributed by atoms with Crippen LogP contribution in [0.25, 0.3) is 0 Å². The van der Waals surface area contributed by atoms with Crippen molar-refractivity contribution in [3.63, 3.8) is 0 Å². The summed E-state index contributed by atoms with van der Waals surface area (Å²) in [4.78, 5) is 8.66. The predicted molar refractivity (Wildman–Crippen MR) is 86.0 cm³/mol. The molecule has 1 fully saturated rings. The zero-order valence-electron chi connectivity index (χ0n) is 13.9. The number of ether oxygens (including phenoxy) is 1. The smallest absolute Gasteiger partial charge is 0.158 e. The van der Waals surface area contributed by atoms with Crippen molar-refractivity contribution in [1.29, 1.82) is 0 Å². The lowest BCUT2D eigenvalue weighted by molar-refractivity contribution is 0.105. The van der Waals surface area contributed by atoms with Gasteiger partial charge in [-0.2, -0.15) is 0 Å². The number of hydrogen-bond donors (Lipinski definition) is 2. The average molecular weight is 292 g/mol. The molecule has 0 aliphatic heterocycles. The molecular weight excluding hydrogens is 264 g/mol. The Morgan fingerprint density at radius 1 is 1.24 bits per heavy atom. The van der Waals surface area contributed by atoms with Gasteiger partial charge in [0.15, 0.2) is 5.82 Å². The van der Waals surface area contributed by atoms with Crippen molar-refractivity contribution in [3.05, 3.63) is 11.9 Å². The monoisotopic (exact) mass is 292 g/mol. The molecule has 0 aromatic carbocycles. The molecule has 0 bridgehead atoms. The Balaban J connectivity index is 2.13. The first-order chi connectivity index (χ1) is 9.69. The van der Waals surface area contributed by atoms with Gasteiger partial charge in [-0.25, -0.2) is 9.97 Å². The van der Waals surface area contributed by atoms with Crippen molar-refractivity contribution in [2.45, 2.75) is 59.6 Å². The van der Waals surface area contributed by atoms with Gasteiger partial charge in [0.25, 0.3) is 0 Å². The highest BCUT2D eigenvalue weighted by molar-refractivity contribution is 5.45. The van der Waals surface area contributed by atoms with Crippen LogP contribution in [0.2, 0.25) is 0 Å². The topological polar surface area (TPSA) is 73.1 Å². The minimum Gasteiger partial charge on any atom is -0.384 e. The lowest BCUT2D eigenvalue weighted by Crippen LogP contribution is -2.40. The van der Waals surface area contributed by atoms with E-state index in [0.717, 1.165) is 18.7 Å². The number of rotatable bonds is 4. The zero-order chi connectivity index (χ0) is 15.7. The molecule has 0 spiro atoms. The molecule has 1 aromatic heterocycles. The number of nitrogen functional groups attached to an aromatic ring is 1. The molecular formula is C16H28N4O. The average Bonchev–Trinajstić information content (AvgIpc) is 2.23. The number of nitrogens with zero attached hydrogens (tertiary/aromatic N) is 2. The van der Waals surface area contributed by atoms with E-state index in [9.17, 15) is 0 Å². The Kier molecular flexibility index (Phi) is 4.42. The van der Waals surface area contributed by atoms with Gasteiger partial charge in [0.1, 0.15) is 18.2 Å². The van der Waals surface area contributed by atoms with E-state index in [4.69, 9.17) is 10.5 Å². The molecule has 3 N–H and O–H groups in total. The van der Waals surface area contributed by atoms with E-state index in [1.54, 1.807) is 13.2 Å². The second-order valence-corrected chi connectivity index (χ2v) is 7.78. The summed E-state index contributed by atoms with van der Waals surface area (Å²) in [6, 6.07) is 2.21. The summed E-state index contributed by atoms with van der Waals surface area (Å²) < 4.78 is 5.09. The Labute approximate surface area is 127 Å². The second kappa shape index (κ2) is 5.79. The van der Waals surface area contributed by atoms with Crippen LogP contribution in [0.1, 0.15) is 52.8 Å². The van der Waals surface area contributed by atoms with E-state index >= 15 is 0 Å². The molecule has 0 saturated heterocycles. The standard InChI is InChI=1S/C16H28N4O/c1-15(2)7-11(8-16(3,4)10-15)18-13-6-12(17)19-14(20-13)9-21-5/h6,11H,7-10H2,1-5H3,(H3,17,18,19,20). The first-order valence-corrected chi connectivity index (χ1v) is 7.58. The predicted octanol–water partition coefficient (Wildman–Crippen LogP) is 3.22. The Bertz CT molecular complexity index is 483. The normalized spacial score (nSPS) is 21.2. The molecule has 1 saturated carbocycles. The van der Waals surface area contributed by atoms with Gasteiger partial charge in [0.05, 0.1) is 0 Å². The van der Waals surface area contributed by atoms with Gasteiger partial charge in [-0.1, -0.05) is 27.7 Å². The van der Waals surface area contributed by atoms with Gasteiger partial charge in [-0.15, -0.1) is 0 Å². The van der Waals surface area contributed by atoms with Crippen molar-refractivity contribution >= 4 is 11.6 Å². The van der Waals surface area contributed by atoms with E-state index in [0.29, 0.717) is 35.1 Å². The van der Waals surface area contributed by atoms with Gasteiger partial charge < -0.3 is 15.8 Å². The first-order valence-electron chi connectivity index (χ1n) is 7.58.